The molecular formula is C29H34N4O7S. The van der Waals surface area contributed by atoms with E-state index in [1.165, 1.54) is 48.4 Å². The van der Waals surface area contributed by atoms with Crippen LogP contribution < -0.4 is 14.4 Å². The number of sulfonamides is 1. The van der Waals surface area contributed by atoms with Crippen LogP contribution in [0, 0.1) is 10.1 Å². The summed E-state index contributed by atoms with van der Waals surface area (Å²) < 4.78 is 33.7. The fourth-order valence-corrected chi connectivity index (χ4v) is 5.51. The number of nitro groups is 1. The molecule has 0 aliphatic heterocycles. The summed E-state index contributed by atoms with van der Waals surface area (Å²) in [7, 11) is -2.75. The van der Waals surface area contributed by atoms with Gasteiger partial charge in [-0.05, 0) is 55.3 Å². The first-order chi connectivity index (χ1) is 19.6. The molecule has 0 bridgehead atoms. The number of benzene rings is 3. The predicted molar refractivity (Wildman–Crippen MR) is 155 cm³/mol. The highest BCUT2D eigenvalue weighted by Gasteiger charge is 2.32. The van der Waals surface area contributed by atoms with E-state index in [-0.39, 0.29) is 28.7 Å². The largest absolute Gasteiger partial charge is 0.497 e. The van der Waals surface area contributed by atoms with Crippen LogP contribution in [0.5, 0.6) is 5.75 Å². The number of amides is 2. The molecule has 1 atom stereocenters. The number of hydrogen-bond donors (Lipinski definition) is 1. The van der Waals surface area contributed by atoms with Gasteiger partial charge in [-0.1, -0.05) is 43.7 Å². The Morgan fingerprint density at radius 2 is 1.71 bits per heavy atom. The lowest BCUT2D eigenvalue weighted by Gasteiger charge is -2.32. The maximum absolute atomic E-state index is 13.9. The van der Waals surface area contributed by atoms with Crippen molar-refractivity contribution in [3.8, 4) is 5.75 Å². The van der Waals surface area contributed by atoms with E-state index in [2.05, 4.69) is 5.32 Å². The van der Waals surface area contributed by atoms with Gasteiger partial charge in [0.1, 0.15) is 18.3 Å². The summed E-state index contributed by atoms with van der Waals surface area (Å²) in [5.74, 6) is -0.444. The molecule has 0 aliphatic carbocycles. The Kier molecular flexibility index (Phi) is 10.8. The van der Waals surface area contributed by atoms with E-state index >= 15 is 0 Å². The van der Waals surface area contributed by atoms with Crippen LogP contribution in [0.3, 0.4) is 0 Å². The van der Waals surface area contributed by atoms with E-state index in [1.807, 2.05) is 6.92 Å². The van der Waals surface area contributed by atoms with Gasteiger partial charge in [-0.25, -0.2) is 8.42 Å². The molecule has 12 heteroatoms. The lowest BCUT2D eigenvalue weighted by atomic mass is 10.1. The zero-order chi connectivity index (χ0) is 30.0. The molecule has 0 saturated carbocycles. The Balaban J connectivity index is 2.02. The minimum Gasteiger partial charge on any atom is -0.497 e. The average Bonchev–Trinajstić information content (AvgIpc) is 2.98. The summed E-state index contributed by atoms with van der Waals surface area (Å²) in [4.78, 5) is 38.8. The number of anilines is 1. The van der Waals surface area contributed by atoms with Gasteiger partial charge in [-0.15, -0.1) is 0 Å². The van der Waals surface area contributed by atoms with Gasteiger partial charge in [0, 0.05) is 25.2 Å². The van der Waals surface area contributed by atoms with Crippen molar-refractivity contribution in [3.63, 3.8) is 0 Å². The van der Waals surface area contributed by atoms with Crippen LogP contribution >= 0.6 is 0 Å². The number of ether oxygens (including phenoxy) is 1. The molecule has 3 aromatic carbocycles. The zero-order valence-electron chi connectivity index (χ0n) is 23.2. The predicted octanol–water partition coefficient (Wildman–Crippen LogP) is 4.13. The van der Waals surface area contributed by atoms with E-state index in [0.717, 1.165) is 17.1 Å². The second-order valence-electron chi connectivity index (χ2n) is 9.29. The Morgan fingerprint density at radius 3 is 2.32 bits per heavy atom. The number of carbonyl (C=O) groups excluding carboxylic acids is 2. The minimum atomic E-state index is -4.27. The van der Waals surface area contributed by atoms with Crippen molar-refractivity contribution in [3.05, 3.63) is 94.5 Å². The summed E-state index contributed by atoms with van der Waals surface area (Å²) in [5.41, 5.74) is 0.516. The molecule has 11 nitrogen and oxygen atoms in total. The summed E-state index contributed by atoms with van der Waals surface area (Å²) >= 11 is 0. The van der Waals surface area contributed by atoms with Gasteiger partial charge in [-0.2, -0.15) is 0 Å². The van der Waals surface area contributed by atoms with Crippen molar-refractivity contribution in [1.82, 2.24) is 10.2 Å². The monoisotopic (exact) mass is 582 g/mol. The highest BCUT2D eigenvalue weighted by atomic mass is 32.2. The number of carbonyl (C=O) groups is 2. The van der Waals surface area contributed by atoms with Gasteiger partial charge < -0.3 is 15.0 Å². The average molecular weight is 583 g/mol. The summed E-state index contributed by atoms with van der Waals surface area (Å²) in [6.07, 6.45) is 1.65. The van der Waals surface area contributed by atoms with E-state index in [4.69, 9.17) is 4.74 Å². The third kappa shape index (κ3) is 8.04. The fourth-order valence-electron chi connectivity index (χ4n) is 4.08. The van der Waals surface area contributed by atoms with Crippen LogP contribution in [0.2, 0.25) is 0 Å². The molecule has 1 unspecified atom stereocenters. The molecule has 41 heavy (non-hydrogen) atoms. The molecule has 1 N–H and O–H groups in total. The van der Waals surface area contributed by atoms with Gasteiger partial charge in [0.2, 0.25) is 11.8 Å². The van der Waals surface area contributed by atoms with Crippen molar-refractivity contribution in [2.24, 2.45) is 0 Å². The minimum absolute atomic E-state index is 0.0118. The number of nitro benzene ring substituents is 1. The molecule has 3 rings (SSSR count). The smallest absolute Gasteiger partial charge is 0.269 e. The first-order valence-corrected chi connectivity index (χ1v) is 14.5. The molecule has 0 spiro atoms. The molecule has 218 valence electrons. The normalized spacial score (nSPS) is 11.8. The van der Waals surface area contributed by atoms with E-state index in [9.17, 15) is 28.1 Å². The topological polar surface area (TPSA) is 139 Å². The molecule has 2 amide bonds. The van der Waals surface area contributed by atoms with Crippen molar-refractivity contribution in [1.29, 1.82) is 0 Å². The van der Waals surface area contributed by atoms with Crippen LogP contribution in [-0.2, 0) is 26.2 Å². The number of non-ortho nitro benzene ring substituents is 1. The molecule has 0 fully saturated rings. The molecule has 0 saturated heterocycles. The molecule has 0 radical (unpaired) electrons. The summed E-state index contributed by atoms with van der Waals surface area (Å²) in [5, 5.41) is 14.0. The van der Waals surface area contributed by atoms with Gasteiger partial charge in [-0.3, -0.25) is 24.0 Å². The van der Waals surface area contributed by atoms with Gasteiger partial charge in [0.15, 0.2) is 0 Å². The first kappa shape index (κ1) is 31.1. The quantitative estimate of drug-likeness (QED) is 0.171. The van der Waals surface area contributed by atoms with Crippen LogP contribution in [0.25, 0.3) is 0 Å². The Morgan fingerprint density at radius 1 is 1.02 bits per heavy atom. The lowest BCUT2D eigenvalue weighted by molar-refractivity contribution is -0.384. The fraction of sp³-hybridized carbons (Fsp3) is 0.310. The maximum atomic E-state index is 13.9. The van der Waals surface area contributed by atoms with E-state index < -0.39 is 33.4 Å². The van der Waals surface area contributed by atoms with Crippen LogP contribution in [-0.4, -0.2) is 56.3 Å². The highest BCUT2D eigenvalue weighted by molar-refractivity contribution is 7.92. The van der Waals surface area contributed by atoms with Crippen LogP contribution in [0.15, 0.2) is 83.8 Å². The molecule has 0 heterocycles. The number of hydrogen-bond acceptors (Lipinski definition) is 7. The van der Waals surface area contributed by atoms with Gasteiger partial charge in [0.05, 0.1) is 22.6 Å². The summed E-state index contributed by atoms with van der Waals surface area (Å²) in [6, 6.07) is 18.6. The SMILES string of the molecule is CCCCNC(=O)C(C)N(Cc1cccc(OC)c1)C(=O)CN(c1ccc([N+](=O)[O-])cc1)S(=O)(=O)c1ccccc1. The Bertz CT molecular complexity index is 1450. The maximum Gasteiger partial charge on any atom is 0.269 e. The van der Waals surface area contributed by atoms with Gasteiger partial charge in [0.25, 0.3) is 15.7 Å². The number of rotatable bonds is 14. The molecule has 0 aliphatic rings. The number of nitrogens with one attached hydrogen (secondary N) is 1. The number of methoxy groups -OCH3 is 1. The summed E-state index contributed by atoms with van der Waals surface area (Å²) in [6.45, 7) is 3.39. The third-order valence-electron chi connectivity index (χ3n) is 6.44. The first-order valence-electron chi connectivity index (χ1n) is 13.1. The molecule has 3 aromatic rings. The second-order valence-corrected chi connectivity index (χ2v) is 11.2. The van der Waals surface area contributed by atoms with E-state index in [0.29, 0.717) is 17.9 Å². The van der Waals surface area contributed by atoms with Crippen LogP contribution in [0.4, 0.5) is 11.4 Å². The van der Waals surface area contributed by atoms with Crippen molar-refractivity contribution in [2.45, 2.75) is 44.2 Å². The number of nitrogens with zero attached hydrogens (tertiary/aromatic N) is 3. The van der Waals surface area contributed by atoms with Crippen LogP contribution in [0.1, 0.15) is 32.3 Å². The lowest BCUT2D eigenvalue weighted by Crippen LogP contribution is -2.51. The molecular weight excluding hydrogens is 548 g/mol. The Labute approximate surface area is 239 Å². The zero-order valence-corrected chi connectivity index (χ0v) is 24.0. The Hall–Kier alpha value is -4.45. The van der Waals surface area contributed by atoms with E-state index in [1.54, 1.807) is 49.4 Å². The van der Waals surface area contributed by atoms with Crippen molar-refractivity contribution < 1.29 is 27.7 Å². The number of unbranched alkanes of at least 4 members (excludes halogenated alkanes) is 1. The standard InChI is InChI=1S/C29H34N4O7S/c1-4-5-18-30-29(35)22(2)31(20-23-10-9-11-26(19-23)40-3)28(34)21-32(24-14-16-25(17-15-24)33(36)37)41(38,39)27-12-7-6-8-13-27/h6-17,19,22H,4-5,18,20-21H2,1-3H3,(H,30,35). The third-order valence-corrected chi connectivity index (χ3v) is 8.23. The molecule has 0 aromatic heterocycles. The van der Waals surface area contributed by atoms with Crippen molar-refractivity contribution in [2.75, 3.05) is 24.5 Å². The second kappa shape index (κ2) is 14.3. The van der Waals surface area contributed by atoms with Crippen molar-refractivity contribution >= 4 is 33.2 Å². The highest BCUT2D eigenvalue weighted by Crippen LogP contribution is 2.26. The van der Waals surface area contributed by atoms with Gasteiger partial charge >= 0.3 is 0 Å².